The minimum Gasteiger partial charge on any atom is -0.449 e. The Hall–Kier alpha value is -3.92. The molecule has 10 nitrogen and oxygen atoms in total. The Morgan fingerprint density at radius 3 is 2.56 bits per heavy atom. The van der Waals surface area contributed by atoms with E-state index in [0.29, 0.717) is 6.54 Å². The van der Waals surface area contributed by atoms with Crippen LogP contribution in [-0.4, -0.2) is 71.4 Å². The molecule has 2 saturated heterocycles. The predicted molar refractivity (Wildman–Crippen MR) is 119 cm³/mol. The number of carbonyl (C=O) groups is 4. The minimum absolute atomic E-state index is 0.133. The number of benzene rings is 1. The zero-order chi connectivity index (χ0) is 24.4. The topological polar surface area (TPSA) is 145 Å². The van der Waals surface area contributed by atoms with Gasteiger partial charge in [-0.15, -0.1) is 0 Å². The van der Waals surface area contributed by atoms with Gasteiger partial charge in [0.05, 0.1) is 23.4 Å². The highest BCUT2D eigenvalue weighted by atomic mass is 16.6. The molecule has 4 aliphatic rings. The molecule has 176 valence electrons. The van der Waals surface area contributed by atoms with E-state index < -0.39 is 29.6 Å². The number of amides is 2. The lowest BCUT2D eigenvalue weighted by Crippen LogP contribution is -2.56. The van der Waals surface area contributed by atoms with E-state index in [2.05, 4.69) is 0 Å². The van der Waals surface area contributed by atoms with Crippen LogP contribution in [0.3, 0.4) is 0 Å². The Labute approximate surface area is 195 Å². The molecule has 0 radical (unpaired) electrons. The van der Waals surface area contributed by atoms with Crippen molar-refractivity contribution in [3.05, 3.63) is 64.5 Å². The molecule has 1 aromatic rings. The summed E-state index contributed by atoms with van der Waals surface area (Å²) in [4.78, 5) is 54.2. The molecule has 1 aliphatic carbocycles. The van der Waals surface area contributed by atoms with E-state index in [0.717, 1.165) is 5.56 Å². The molecule has 4 atom stereocenters. The van der Waals surface area contributed by atoms with Gasteiger partial charge in [-0.2, -0.15) is 0 Å². The maximum Gasteiger partial charge on any atom is 0.404 e. The van der Waals surface area contributed by atoms with Crippen LogP contribution in [0, 0.1) is 5.92 Å². The number of fused-ring (bicyclic) bond motifs is 4. The molecule has 0 spiro atoms. The molecule has 1 aromatic carbocycles. The van der Waals surface area contributed by atoms with Gasteiger partial charge in [0.1, 0.15) is 12.6 Å². The molecular formula is C24H24N4O6. The Balaban J connectivity index is 1.50. The number of ketones is 2. The number of hydrogen-bond acceptors (Lipinski definition) is 8. The second-order valence-corrected chi connectivity index (χ2v) is 8.71. The first-order valence-electron chi connectivity index (χ1n) is 10.8. The molecule has 4 N–H and O–H groups in total. The number of piperazine rings is 1. The lowest BCUT2D eigenvalue weighted by atomic mass is 9.82. The van der Waals surface area contributed by atoms with E-state index >= 15 is 0 Å². The van der Waals surface area contributed by atoms with Gasteiger partial charge in [-0.3, -0.25) is 14.4 Å². The van der Waals surface area contributed by atoms with Crippen molar-refractivity contribution in [3.63, 3.8) is 0 Å². The first-order valence-corrected chi connectivity index (χ1v) is 10.8. The van der Waals surface area contributed by atoms with Crippen molar-refractivity contribution in [2.24, 2.45) is 17.4 Å². The van der Waals surface area contributed by atoms with Crippen LogP contribution >= 0.6 is 0 Å². The van der Waals surface area contributed by atoms with Crippen molar-refractivity contribution in [1.82, 2.24) is 9.80 Å². The van der Waals surface area contributed by atoms with Crippen LogP contribution in [-0.2, 0) is 23.9 Å². The summed E-state index contributed by atoms with van der Waals surface area (Å²) in [6.45, 7) is 1.50. The van der Waals surface area contributed by atoms with Gasteiger partial charge in [0.15, 0.2) is 5.72 Å². The second-order valence-electron chi connectivity index (χ2n) is 8.71. The Morgan fingerprint density at radius 2 is 1.91 bits per heavy atom. The third kappa shape index (κ3) is 2.84. The first kappa shape index (κ1) is 21.9. The zero-order valence-corrected chi connectivity index (χ0v) is 18.7. The van der Waals surface area contributed by atoms with Gasteiger partial charge in [0, 0.05) is 30.9 Å². The maximum atomic E-state index is 13.2. The summed E-state index contributed by atoms with van der Waals surface area (Å²) in [7, 11) is 1.45. The largest absolute Gasteiger partial charge is 0.449 e. The van der Waals surface area contributed by atoms with E-state index in [1.165, 1.54) is 20.1 Å². The highest BCUT2D eigenvalue weighted by molar-refractivity contribution is 6.25. The van der Waals surface area contributed by atoms with Crippen LogP contribution in [0.25, 0.3) is 6.08 Å². The minimum atomic E-state index is -1.27. The molecule has 3 heterocycles. The lowest BCUT2D eigenvalue weighted by molar-refractivity contribution is -0.151. The SMILES string of the molecule is CO[C@@]12[C@H](COC(N)=O)C3=C(C(=O)C(C)=C(N)C3=O)N1C[C@@H]1[C@@H]2N1C(=O)/C=C\c1ccccc1. The van der Waals surface area contributed by atoms with Gasteiger partial charge in [-0.05, 0) is 18.6 Å². The number of allylic oxidation sites excluding steroid dienone is 2. The third-order valence-electron chi connectivity index (χ3n) is 7.16. The van der Waals surface area contributed by atoms with Crippen LogP contribution < -0.4 is 11.5 Å². The first-order chi connectivity index (χ1) is 16.2. The standard InChI is InChI=1S/C24H24N4O6/c1-12-18(25)21(31)17-14(11-34-23(26)32)24(33-2)22-15(10-27(24)19(17)20(12)30)28(22)16(29)9-8-13-6-4-3-5-7-13/h3-9,14-15,22H,10-11,25H2,1-2H3,(H2,26,32)/b9-8-/t14-,15-,22+,24-,28?/m1/s1. The normalized spacial score (nSPS) is 29.5. The molecule has 2 amide bonds. The average Bonchev–Trinajstić information content (AvgIpc) is 3.34. The van der Waals surface area contributed by atoms with Crippen molar-refractivity contribution < 1.29 is 28.7 Å². The van der Waals surface area contributed by atoms with Crippen LogP contribution in [0.1, 0.15) is 12.5 Å². The fourth-order valence-electron chi connectivity index (χ4n) is 5.60. The molecule has 0 bridgehead atoms. The predicted octanol–water partition coefficient (Wildman–Crippen LogP) is 0.301. The molecule has 2 fully saturated rings. The number of methoxy groups -OCH3 is 1. The lowest BCUT2D eigenvalue weighted by Gasteiger charge is -2.40. The van der Waals surface area contributed by atoms with E-state index in [1.54, 1.807) is 15.9 Å². The van der Waals surface area contributed by atoms with Gasteiger partial charge < -0.3 is 30.7 Å². The average molecular weight is 464 g/mol. The third-order valence-corrected chi connectivity index (χ3v) is 7.16. The Morgan fingerprint density at radius 1 is 1.21 bits per heavy atom. The molecule has 0 saturated carbocycles. The number of nitrogens with zero attached hydrogens (tertiary/aromatic N) is 2. The van der Waals surface area contributed by atoms with Gasteiger partial charge in [0.25, 0.3) is 0 Å². The summed E-state index contributed by atoms with van der Waals surface area (Å²) in [6.07, 6.45) is 2.18. The van der Waals surface area contributed by atoms with E-state index in [9.17, 15) is 19.2 Å². The summed E-state index contributed by atoms with van der Waals surface area (Å²) < 4.78 is 11.1. The van der Waals surface area contributed by atoms with Crippen molar-refractivity contribution in [2.45, 2.75) is 24.7 Å². The monoisotopic (exact) mass is 464 g/mol. The molecule has 34 heavy (non-hydrogen) atoms. The number of rotatable bonds is 5. The van der Waals surface area contributed by atoms with Gasteiger partial charge >= 0.3 is 6.09 Å². The number of Topliss-reactive ketones (excluding diaryl/α,β-unsaturated/α-hetero) is 2. The van der Waals surface area contributed by atoms with E-state index in [1.807, 2.05) is 30.3 Å². The molecule has 0 aromatic heterocycles. The highest BCUT2D eigenvalue weighted by Crippen LogP contribution is 2.59. The molecule has 10 heteroatoms. The summed E-state index contributed by atoms with van der Waals surface area (Å²) in [5.74, 6) is -1.96. The number of carbonyl (C=O) groups excluding carboxylic acids is 4. The fourth-order valence-corrected chi connectivity index (χ4v) is 5.60. The summed E-state index contributed by atoms with van der Waals surface area (Å²) in [6, 6.07) is 8.72. The number of ether oxygens (including phenoxy) is 2. The van der Waals surface area contributed by atoms with Crippen LogP contribution in [0.4, 0.5) is 4.79 Å². The van der Waals surface area contributed by atoms with Crippen molar-refractivity contribution in [1.29, 1.82) is 0 Å². The summed E-state index contributed by atoms with van der Waals surface area (Å²) in [5.41, 5.74) is 11.1. The van der Waals surface area contributed by atoms with Crippen molar-refractivity contribution in [2.75, 3.05) is 20.3 Å². The smallest absolute Gasteiger partial charge is 0.404 e. The van der Waals surface area contributed by atoms with E-state index in [-0.39, 0.29) is 46.9 Å². The maximum absolute atomic E-state index is 13.2. The fraction of sp³-hybridized carbons (Fsp3) is 0.333. The zero-order valence-electron chi connectivity index (χ0n) is 18.7. The highest BCUT2D eigenvalue weighted by Gasteiger charge is 2.77. The number of nitrogens with two attached hydrogens (primary N) is 2. The Bertz CT molecular complexity index is 1220. The van der Waals surface area contributed by atoms with Crippen molar-refractivity contribution >= 4 is 29.6 Å². The van der Waals surface area contributed by atoms with Gasteiger partial charge in [-0.1, -0.05) is 30.3 Å². The second kappa shape index (κ2) is 7.56. The quantitative estimate of drug-likeness (QED) is 0.360. The van der Waals surface area contributed by atoms with Crippen molar-refractivity contribution in [3.8, 4) is 0 Å². The van der Waals surface area contributed by atoms with Crippen LogP contribution in [0.2, 0.25) is 0 Å². The molecule has 3 aliphatic heterocycles. The molecular weight excluding hydrogens is 440 g/mol. The van der Waals surface area contributed by atoms with Gasteiger partial charge in [0.2, 0.25) is 17.5 Å². The van der Waals surface area contributed by atoms with Crippen LogP contribution in [0.15, 0.2) is 58.9 Å². The summed E-state index contributed by atoms with van der Waals surface area (Å²) >= 11 is 0. The number of hydrogen-bond donors (Lipinski definition) is 2. The van der Waals surface area contributed by atoms with Gasteiger partial charge in [-0.25, -0.2) is 4.79 Å². The Kier molecular flexibility index (Phi) is 4.87. The summed E-state index contributed by atoms with van der Waals surface area (Å²) in [5, 5.41) is 0. The van der Waals surface area contributed by atoms with E-state index in [4.69, 9.17) is 20.9 Å². The molecule has 0 unspecified atom stereocenters. The van der Waals surface area contributed by atoms with Crippen LogP contribution in [0.5, 0.6) is 0 Å². The number of primary amides is 1. The molecule has 5 rings (SSSR count).